The van der Waals surface area contributed by atoms with E-state index in [-0.39, 0.29) is 0 Å². The molecule has 0 saturated carbocycles. The zero-order chi connectivity index (χ0) is 12.9. The molecule has 0 radical (unpaired) electrons. The summed E-state index contributed by atoms with van der Waals surface area (Å²) in [6.45, 7) is 4.30. The summed E-state index contributed by atoms with van der Waals surface area (Å²) >= 11 is 5.76. The van der Waals surface area contributed by atoms with Crippen LogP contribution < -0.4 is 0 Å². The number of hydrogen-bond donors (Lipinski definition) is 1. The quantitative estimate of drug-likeness (QED) is 0.794. The minimum absolute atomic E-state index is 0.432. The van der Waals surface area contributed by atoms with Crippen LogP contribution in [0, 0.1) is 5.41 Å². The van der Waals surface area contributed by atoms with Gasteiger partial charge >= 0.3 is 5.97 Å². The van der Waals surface area contributed by atoms with Gasteiger partial charge in [0, 0.05) is 11.6 Å². The van der Waals surface area contributed by atoms with Crippen molar-refractivity contribution in [3.05, 3.63) is 34.9 Å². The van der Waals surface area contributed by atoms with Crippen molar-refractivity contribution in [1.82, 2.24) is 0 Å². The first kappa shape index (κ1) is 14.0. The van der Waals surface area contributed by atoms with E-state index in [9.17, 15) is 4.79 Å². The normalized spacial score (nSPS) is 11.5. The molecule has 0 amide bonds. The van der Waals surface area contributed by atoms with E-state index < -0.39 is 11.4 Å². The van der Waals surface area contributed by atoms with Crippen molar-refractivity contribution >= 4 is 17.6 Å². The second-order valence-corrected chi connectivity index (χ2v) is 5.05. The van der Waals surface area contributed by atoms with E-state index in [1.807, 2.05) is 12.1 Å². The average molecular weight is 257 g/mol. The Kier molecular flexibility index (Phi) is 4.97. The van der Waals surface area contributed by atoms with Crippen molar-refractivity contribution in [2.24, 2.45) is 5.41 Å². The van der Waals surface area contributed by atoms with Crippen molar-refractivity contribution < 1.29 is 14.6 Å². The van der Waals surface area contributed by atoms with Crippen LogP contribution in [0.1, 0.15) is 25.8 Å². The number of hydrogen-bond acceptors (Lipinski definition) is 2. The van der Waals surface area contributed by atoms with Gasteiger partial charge in [0.25, 0.3) is 0 Å². The fourth-order valence-electron chi connectivity index (χ4n) is 1.20. The van der Waals surface area contributed by atoms with E-state index in [4.69, 9.17) is 21.4 Å². The lowest BCUT2D eigenvalue weighted by Gasteiger charge is -2.18. The van der Waals surface area contributed by atoms with Crippen molar-refractivity contribution in [2.75, 3.05) is 6.61 Å². The van der Waals surface area contributed by atoms with Crippen LogP contribution in [-0.2, 0) is 16.1 Å². The first-order chi connectivity index (χ1) is 7.92. The van der Waals surface area contributed by atoms with Gasteiger partial charge in [-0.05, 0) is 38.0 Å². The highest BCUT2D eigenvalue weighted by atomic mass is 35.5. The van der Waals surface area contributed by atoms with Gasteiger partial charge < -0.3 is 9.84 Å². The molecule has 0 heterocycles. The first-order valence-corrected chi connectivity index (χ1v) is 5.85. The van der Waals surface area contributed by atoms with Gasteiger partial charge in [-0.15, -0.1) is 0 Å². The van der Waals surface area contributed by atoms with Gasteiger partial charge in [0.05, 0.1) is 12.0 Å². The molecule has 0 fully saturated rings. The number of aliphatic carboxylic acids is 1. The Morgan fingerprint density at radius 1 is 1.35 bits per heavy atom. The van der Waals surface area contributed by atoms with E-state index >= 15 is 0 Å². The Morgan fingerprint density at radius 2 is 1.94 bits per heavy atom. The molecule has 0 aliphatic heterocycles. The lowest BCUT2D eigenvalue weighted by atomic mass is 9.90. The largest absolute Gasteiger partial charge is 0.481 e. The molecule has 1 rings (SSSR count). The number of carboxylic acids is 1. The molecule has 0 aliphatic rings. The van der Waals surface area contributed by atoms with E-state index in [1.165, 1.54) is 0 Å². The van der Waals surface area contributed by atoms with Crippen LogP contribution in [0.4, 0.5) is 0 Å². The van der Waals surface area contributed by atoms with Gasteiger partial charge in [0.1, 0.15) is 0 Å². The van der Waals surface area contributed by atoms with E-state index in [1.54, 1.807) is 26.0 Å². The molecule has 0 bridgehead atoms. The topological polar surface area (TPSA) is 46.5 Å². The summed E-state index contributed by atoms with van der Waals surface area (Å²) < 4.78 is 5.44. The molecule has 1 aromatic rings. The summed E-state index contributed by atoms with van der Waals surface area (Å²) in [7, 11) is 0. The Bertz CT molecular complexity index is 371. The van der Waals surface area contributed by atoms with Gasteiger partial charge in [0.15, 0.2) is 0 Å². The molecule has 0 unspecified atom stereocenters. The van der Waals surface area contributed by atoms with Crippen LogP contribution in [0.5, 0.6) is 0 Å². The molecule has 94 valence electrons. The molecule has 4 heteroatoms. The second-order valence-electron chi connectivity index (χ2n) is 4.62. The smallest absolute Gasteiger partial charge is 0.309 e. The minimum Gasteiger partial charge on any atom is -0.481 e. The Hall–Kier alpha value is -1.06. The molecule has 0 spiro atoms. The summed E-state index contributed by atoms with van der Waals surface area (Å²) in [6, 6.07) is 7.40. The zero-order valence-corrected chi connectivity index (χ0v) is 10.8. The third-order valence-corrected chi connectivity index (χ3v) is 2.88. The second kappa shape index (κ2) is 6.03. The maximum atomic E-state index is 10.9. The maximum Gasteiger partial charge on any atom is 0.309 e. The lowest BCUT2D eigenvalue weighted by Crippen LogP contribution is -2.25. The molecular formula is C13H17ClO3. The number of carboxylic acid groups (broad SMARTS) is 1. The highest BCUT2D eigenvalue weighted by Gasteiger charge is 2.26. The van der Waals surface area contributed by atoms with Crippen molar-refractivity contribution in [1.29, 1.82) is 0 Å². The van der Waals surface area contributed by atoms with E-state index in [0.29, 0.717) is 24.7 Å². The van der Waals surface area contributed by atoms with Crippen LogP contribution in [0.25, 0.3) is 0 Å². The molecule has 1 aromatic carbocycles. The van der Waals surface area contributed by atoms with Crippen molar-refractivity contribution in [3.8, 4) is 0 Å². The fraction of sp³-hybridized carbons (Fsp3) is 0.462. The van der Waals surface area contributed by atoms with Crippen molar-refractivity contribution in [2.45, 2.75) is 26.9 Å². The fourth-order valence-corrected chi connectivity index (χ4v) is 1.33. The van der Waals surface area contributed by atoms with Crippen LogP contribution in [-0.4, -0.2) is 17.7 Å². The average Bonchev–Trinajstić information content (AvgIpc) is 2.26. The third kappa shape index (κ3) is 4.75. The monoisotopic (exact) mass is 256 g/mol. The van der Waals surface area contributed by atoms with Crippen LogP contribution in [0.15, 0.2) is 24.3 Å². The van der Waals surface area contributed by atoms with E-state index in [0.717, 1.165) is 5.56 Å². The van der Waals surface area contributed by atoms with Gasteiger partial charge in [-0.25, -0.2) is 0 Å². The predicted molar refractivity (Wildman–Crippen MR) is 67.1 cm³/mol. The molecule has 1 N–H and O–H groups in total. The molecule has 3 nitrogen and oxygen atoms in total. The molecule has 0 aliphatic carbocycles. The number of benzene rings is 1. The third-order valence-electron chi connectivity index (χ3n) is 2.63. The predicted octanol–water partition coefficient (Wildman–Crippen LogP) is 3.36. The summed E-state index contributed by atoms with van der Waals surface area (Å²) in [6.07, 6.45) is 0.496. The number of rotatable bonds is 6. The van der Waals surface area contributed by atoms with E-state index in [2.05, 4.69) is 0 Å². The molecule has 0 aromatic heterocycles. The SMILES string of the molecule is CC(C)(CCOCc1ccc(Cl)cc1)C(=O)O. The Labute approximate surface area is 106 Å². The van der Waals surface area contributed by atoms with Crippen LogP contribution in [0.2, 0.25) is 5.02 Å². The number of ether oxygens (including phenoxy) is 1. The molecule has 0 saturated heterocycles. The van der Waals surface area contributed by atoms with Crippen molar-refractivity contribution in [3.63, 3.8) is 0 Å². The Morgan fingerprint density at radius 3 is 2.47 bits per heavy atom. The summed E-state index contributed by atoms with van der Waals surface area (Å²) in [5.74, 6) is -0.799. The van der Waals surface area contributed by atoms with Crippen LogP contribution >= 0.6 is 11.6 Å². The zero-order valence-electron chi connectivity index (χ0n) is 10.1. The highest BCUT2D eigenvalue weighted by Crippen LogP contribution is 2.20. The number of halogens is 1. The summed E-state index contributed by atoms with van der Waals surface area (Å²) in [5, 5.41) is 9.61. The maximum absolute atomic E-state index is 10.9. The minimum atomic E-state index is -0.799. The van der Waals surface area contributed by atoms with Gasteiger partial charge in [0.2, 0.25) is 0 Å². The number of carbonyl (C=O) groups is 1. The van der Waals surface area contributed by atoms with Gasteiger partial charge in [-0.1, -0.05) is 23.7 Å². The summed E-state index contributed by atoms with van der Waals surface area (Å²) in [4.78, 5) is 10.9. The standard InChI is InChI=1S/C13H17ClO3/c1-13(2,12(15)16)7-8-17-9-10-3-5-11(14)6-4-10/h3-6H,7-9H2,1-2H3,(H,15,16). The van der Waals surface area contributed by atoms with Crippen LogP contribution in [0.3, 0.4) is 0 Å². The van der Waals surface area contributed by atoms with Gasteiger partial charge in [-0.2, -0.15) is 0 Å². The van der Waals surface area contributed by atoms with Gasteiger partial charge in [-0.3, -0.25) is 4.79 Å². The molecular weight excluding hydrogens is 240 g/mol. The highest BCUT2D eigenvalue weighted by molar-refractivity contribution is 6.30. The lowest BCUT2D eigenvalue weighted by molar-refractivity contribution is -0.148. The first-order valence-electron chi connectivity index (χ1n) is 5.47. The summed E-state index contributed by atoms with van der Waals surface area (Å²) in [5.41, 5.74) is 0.294. The molecule has 0 atom stereocenters. The Balaban J connectivity index is 2.29. The molecule has 17 heavy (non-hydrogen) atoms.